The predicted octanol–water partition coefficient (Wildman–Crippen LogP) is 7.83. The average Bonchev–Trinajstić information content (AvgIpc) is 3.59. The van der Waals surface area contributed by atoms with Crippen molar-refractivity contribution in [3.8, 4) is 33.2 Å². The summed E-state index contributed by atoms with van der Waals surface area (Å²) >= 11 is 14.2. The van der Waals surface area contributed by atoms with Crippen molar-refractivity contribution in [2.24, 2.45) is 5.41 Å². The molecule has 4 heterocycles. The molecule has 6 aromatic rings. The van der Waals surface area contributed by atoms with Gasteiger partial charge in [-0.05, 0) is 67.5 Å². The van der Waals surface area contributed by atoms with Gasteiger partial charge >= 0.3 is 0 Å². The number of carbonyl (C=O) groups is 4. The van der Waals surface area contributed by atoms with E-state index in [2.05, 4.69) is 36.1 Å². The Hall–Kier alpha value is -6.18. The summed E-state index contributed by atoms with van der Waals surface area (Å²) in [7, 11) is 0. The van der Waals surface area contributed by atoms with Gasteiger partial charge in [-0.3, -0.25) is 29.3 Å². The van der Waals surface area contributed by atoms with Crippen LogP contribution < -0.4 is 25.4 Å². The number of aliphatic hydroxyl groups is 1. The van der Waals surface area contributed by atoms with E-state index in [9.17, 15) is 28.7 Å². The van der Waals surface area contributed by atoms with Gasteiger partial charge < -0.3 is 40.2 Å². The van der Waals surface area contributed by atoms with Gasteiger partial charge in [0.05, 0.1) is 44.4 Å². The molecule has 20 heteroatoms. The Balaban J connectivity index is 0.832. The van der Waals surface area contributed by atoms with Crippen LogP contribution in [0, 0.1) is 12.3 Å². The molecule has 0 radical (unpaired) electrons. The average molecular weight is 1030 g/mol. The van der Waals surface area contributed by atoms with Crippen molar-refractivity contribution in [1.29, 1.82) is 0 Å². The number of aryl methyl sites for hydroxylation is 1. The number of β-amino-alcohol motifs (C(OH)–C–C–N with tert-alkyl or cyclic N) is 1. The Bertz CT molecular complexity index is 2900. The van der Waals surface area contributed by atoms with Crippen LogP contribution in [0.5, 0.6) is 11.5 Å². The number of pyridine rings is 1. The standard InChI is InChI=1S/C51H55Cl2FN8O8S/c1-28-45(71-27-58-28)32-10-11-33(22-57-47(65)40-19-34(63)25-62(40)48(66)46(50(3,4)5)59-49(67)51(54)14-15-51)41(18-32)69-17-16-68-26-42(64)56-21-30-6-8-31(9-7-30)44-36-20-35(12-13-39(36)60-61-44)70-29(2)43-37(52)23-55-24-38(43)53/h6-13,18,20,23-24,27,29,34,40,46,63H,14-17,19,21-22,25-26H2,1-5H3,(H,56,64)(H,57,65)(H,59,67)(H,60,61)/t29-,34-,40+,46-/m1/s1. The number of hydrogen-bond acceptors (Lipinski definition) is 12. The van der Waals surface area contributed by atoms with Gasteiger partial charge in [0.1, 0.15) is 48.6 Å². The number of H-pyrrole nitrogens is 1. The van der Waals surface area contributed by atoms with Gasteiger partial charge in [-0.15, -0.1) is 11.3 Å². The van der Waals surface area contributed by atoms with Gasteiger partial charge in [0.25, 0.3) is 5.91 Å². The lowest BCUT2D eigenvalue weighted by molar-refractivity contribution is -0.145. The van der Waals surface area contributed by atoms with Crippen LogP contribution in [0.15, 0.2) is 78.6 Å². The lowest BCUT2D eigenvalue weighted by atomic mass is 9.85. The molecule has 1 aliphatic carbocycles. The highest BCUT2D eigenvalue weighted by Gasteiger charge is 2.53. The summed E-state index contributed by atoms with van der Waals surface area (Å²) in [5.41, 5.74) is 5.23. The van der Waals surface area contributed by atoms with Crippen molar-refractivity contribution in [2.45, 2.75) is 96.9 Å². The maximum atomic E-state index is 14.6. The number of benzene rings is 3. The topological polar surface area (TPSA) is 210 Å². The Morgan fingerprint density at radius 3 is 2.41 bits per heavy atom. The number of aromatic nitrogens is 4. The summed E-state index contributed by atoms with van der Waals surface area (Å²) in [6, 6.07) is 16.8. The van der Waals surface area contributed by atoms with Crippen molar-refractivity contribution in [3.05, 3.63) is 111 Å². The fourth-order valence-electron chi connectivity index (χ4n) is 8.34. The fraction of sp³-hybridized carbons (Fsp3) is 0.392. The molecule has 3 aromatic heterocycles. The number of alkyl halides is 1. The molecule has 4 amide bonds. The second-order valence-electron chi connectivity index (χ2n) is 18.9. The molecule has 16 nitrogen and oxygen atoms in total. The minimum atomic E-state index is -1.99. The summed E-state index contributed by atoms with van der Waals surface area (Å²) < 4.78 is 32.7. The number of hydrogen-bond donors (Lipinski definition) is 5. The van der Waals surface area contributed by atoms with Gasteiger partial charge in [-0.2, -0.15) is 5.10 Å². The van der Waals surface area contributed by atoms with E-state index in [4.69, 9.17) is 37.4 Å². The Morgan fingerprint density at radius 1 is 0.986 bits per heavy atom. The molecule has 0 spiro atoms. The number of carbonyl (C=O) groups excluding carboxylic acids is 4. The van der Waals surface area contributed by atoms with Gasteiger partial charge in [0.2, 0.25) is 17.7 Å². The molecule has 1 aliphatic heterocycles. The summed E-state index contributed by atoms with van der Waals surface area (Å²) in [4.78, 5) is 63.8. The summed E-state index contributed by atoms with van der Waals surface area (Å²) in [5, 5.41) is 28.3. The van der Waals surface area contributed by atoms with Crippen LogP contribution in [0.3, 0.4) is 0 Å². The van der Waals surface area contributed by atoms with Crippen LogP contribution in [0.25, 0.3) is 32.6 Å². The van der Waals surface area contributed by atoms with E-state index in [1.807, 2.05) is 74.5 Å². The molecule has 2 aliphatic rings. The maximum Gasteiger partial charge on any atom is 0.258 e. The lowest BCUT2D eigenvalue weighted by Crippen LogP contribution is -2.59. The highest BCUT2D eigenvalue weighted by atomic mass is 35.5. The number of amides is 4. The number of aliphatic hydroxyl groups excluding tert-OH is 1. The Kier molecular flexibility index (Phi) is 15.6. The number of likely N-dealkylation sites (tertiary alicyclic amines) is 1. The highest BCUT2D eigenvalue weighted by molar-refractivity contribution is 7.13. The van der Waals surface area contributed by atoms with Crippen LogP contribution in [-0.2, 0) is 37.0 Å². The smallest absolute Gasteiger partial charge is 0.258 e. The molecule has 2 fully saturated rings. The molecule has 1 saturated carbocycles. The largest absolute Gasteiger partial charge is 0.491 e. The van der Waals surface area contributed by atoms with Crippen LogP contribution in [-0.4, -0.2) is 104 Å². The Labute approximate surface area is 424 Å². The molecule has 374 valence electrons. The Morgan fingerprint density at radius 2 is 1.72 bits per heavy atom. The lowest BCUT2D eigenvalue weighted by Gasteiger charge is -2.35. The zero-order chi connectivity index (χ0) is 50.6. The monoisotopic (exact) mass is 1030 g/mol. The molecule has 1 saturated heterocycles. The summed E-state index contributed by atoms with van der Waals surface area (Å²) in [5.74, 6) is -1.17. The zero-order valence-corrected chi connectivity index (χ0v) is 42.1. The first-order valence-electron chi connectivity index (χ1n) is 23.2. The van der Waals surface area contributed by atoms with Crippen molar-refractivity contribution >= 4 is 69.1 Å². The van der Waals surface area contributed by atoms with E-state index in [0.717, 1.165) is 43.9 Å². The molecule has 8 rings (SSSR count). The van der Waals surface area contributed by atoms with Crippen molar-refractivity contribution in [3.63, 3.8) is 0 Å². The minimum Gasteiger partial charge on any atom is -0.491 e. The number of ether oxygens (including phenoxy) is 3. The zero-order valence-electron chi connectivity index (χ0n) is 39.8. The quantitative estimate of drug-likeness (QED) is 0.0494. The van der Waals surface area contributed by atoms with Crippen LogP contribution in [0.1, 0.15) is 75.4 Å². The van der Waals surface area contributed by atoms with Crippen molar-refractivity contribution in [1.82, 2.24) is 41.0 Å². The van der Waals surface area contributed by atoms with E-state index in [0.29, 0.717) is 32.7 Å². The first kappa shape index (κ1) is 51.2. The molecule has 0 bridgehead atoms. The number of thiazole rings is 1. The molecule has 3 aromatic carbocycles. The third kappa shape index (κ3) is 12.1. The van der Waals surface area contributed by atoms with Crippen LogP contribution in [0.2, 0.25) is 10.0 Å². The second kappa shape index (κ2) is 21.7. The second-order valence-corrected chi connectivity index (χ2v) is 20.5. The van der Waals surface area contributed by atoms with Crippen molar-refractivity contribution in [2.75, 3.05) is 26.4 Å². The number of nitrogens with zero attached hydrogens (tertiary/aromatic N) is 4. The number of rotatable bonds is 19. The minimum absolute atomic E-state index is 0.0107. The van der Waals surface area contributed by atoms with Crippen LogP contribution >= 0.6 is 34.5 Å². The SMILES string of the molecule is Cc1ncsc1-c1ccc(CNC(=O)[C@@H]2C[C@@H](O)CN2C(=O)[C@@H](NC(=O)C2(F)CC2)C(C)(C)C)c(OCCOCC(=O)NCc2ccc(-c3n[nH]c4ccc(O[C@H](C)c5c(Cl)cncc5Cl)cc34)cc2)c1. The molecular formula is C51H55Cl2FN8O8S. The molecule has 5 N–H and O–H groups in total. The van der Waals surface area contributed by atoms with E-state index in [1.54, 1.807) is 26.3 Å². The molecule has 0 unspecified atom stereocenters. The van der Waals surface area contributed by atoms with Gasteiger partial charge in [-0.25, -0.2) is 9.37 Å². The number of halogens is 3. The molecule has 71 heavy (non-hydrogen) atoms. The third-order valence-corrected chi connectivity index (χ3v) is 14.0. The van der Waals surface area contributed by atoms with E-state index >= 15 is 0 Å². The molecular weight excluding hydrogens is 975 g/mol. The maximum absolute atomic E-state index is 14.6. The number of aromatic amines is 1. The van der Waals surface area contributed by atoms with E-state index in [-0.39, 0.29) is 64.6 Å². The third-order valence-electron chi connectivity index (χ3n) is 12.5. The van der Waals surface area contributed by atoms with Gasteiger partial charge in [-0.1, -0.05) is 80.4 Å². The molecule has 4 atom stereocenters. The highest BCUT2D eigenvalue weighted by Crippen LogP contribution is 2.41. The van der Waals surface area contributed by atoms with Gasteiger partial charge in [0, 0.05) is 60.5 Å². The van der Waals surface area contributed by atoms with Gasteiger partial charge in [0.15, 0.2) is 5.67 Å². The summed E-state index contributed by atoms with van der Waals surface area (Å²) in [6.07, 6.45) is 1.82. The first-order valence-corrected chi connectivity index (χ1v) is 24.8. The summed E-state index contributed by atoms with van der Waals surface area (Å²) in [6.45, 7) is 9.14. The van der Waals surface area contributed by atoms with Crippen LogP contribution in [0.4, 0.5) is 4.39 Å². The first-order chi connectivity index (χ1) is 33.9. The number of fused-ring (bicyclic) bond motifs is 1. The number of nitrogens with one attached hydrogen (secondary N) is 4. The van der Waals surface area contributed by atoms with E-state index < -0.39 is 53.1 Å². The normalized spacial score (nSPS) is 17.1. The van der Waals surface area contributed by atoms with E-state index in [1.165, 1.54) is 28.6 Å². The van der Waals surface area contributed by atoms with Crippen molar-refractivity contribution < 1.29 is 42.9 Å². The predicted molar refractivity (Wildman–Crippen MR) is 268 cm³/mol. The fourth-order valence-corrected chi connectivity index (χ4v) is 9.81.